The molecule has 1 aromatic heterocycles. The van der Waals surface area contributed by atoms with Crippen molar-refractivity contribution < 1.29 is 0 Å². The Balaban J connectivity index is 1.77. The van der Waals surface area contributed by atoms with Gasteiger partial charge < -0.3 is 5.32 Å². The summed E-state index contributed by atoms with van der Waals surface area (Å²) in [6.07, 6.45) is 9.93. The van der Waals surface area contributed by atoms with E-state index in [0.29, 0.717) is 0 Å². The van der Waals surface area contributed by atoms with Crippen LogP contribution in [0.3, 0.4) is 0 Å². The maximum Gasteiger partial charge on any atom is 0.0304 e. The molecule has 1 N–H and O–H groups in total. The zero-order valence-corrected chi connectivity index (χ0v) is 11.1. The molecule has 2 heteroatoms. The topological polar surface area (TPSA) is 12.0 Å². The lowest BCUT2D eigenvalue weighted by atomic mass is 9.97. The molecule has 1 saturated carbocycles. The van der Waals surface area contributed by atoms with Crippen molar-refractivity contribution in [3.63, 3.8) is 0 Å². The van der Waals surface area contributed by atoms with Crippen LogP contribution in [0.15, 0.2) is 11.4 Å². The largest absolute Gasteiger partial charge is 0.309 e. The van der Waals surface area contributed by atoms with Crippen LogP contribution in [0.25, 0.3) is 0 Å². The zero-order chi connectivity index (χ0) is 11.2. The summed E-state index contributed by atoms with van der Waals surface area (Å²) in [6.45, 7) is 3.29. The number of hydrogen-bond acceptors (Lipinski definition) is 2. The van der Waals surface area contributed by atoms with E-state index in [2.05, 4.69) is 23.7 Å². The lowest BCUT2D eigenvalue weighted by molar-refractivity contribution is 0.390. The molecule has 1 fully saturated rings. The average Bonchev–Trinajstić information content (AvgIpc) is 2.63. The average molecular weight is 237 g/mol. The van der Waals surface area contributed by atoms with Gasteiger partial charge in [-0.25, -0.2) is 0 Å². The van der Waals surface area contributed by atoms with Crippen molar-refractivity contribution in [3.8, 4) is 0 Å². The Morgan fingerprint density at radius 2 is 1.88 bits per heavy atom. The number of thiophene rings is 1. The second-order valence-corrected chi connectivity index (χ2v) is 5.95. The Bertz CT molecular complexity index is 297. The Morgan fingerprint density at radius 3 is 2.50 bits per heavy atom. The zero-order valence-electron chi connectivity index (χ0n) is 10.3. The molecule has 0 bridgehead atoms. The summed E-state index contributed by atoms with van der Waals surface area (Å²) < 4.78 is 0. The Kier molecular flexibility index (Phi) is 4.86. The molecule has 0 saturated heterocycles. The quantitative estimate of drug-likeness (QED) is 0.828. The third kappa shape index (κ3) is 3.60. The van der Waals surface area contributed by atoms with Crippen molar-refractivity contribution in [2.45, 2.75) is 64.5 Å². The van der Waals surface area contributed by atoms with Gasteiger partial charge in [0.15, 0.2) is 0 Å². The molecule has 1 aliphatic rings. The first kappa shape index (κ1) is 12.1. The first-order chi connectivity index (χ1) is 7.86. The van der Waals surface area contributed by atoms with Gasteiger partial charge in [-0.1, -0.05) is 32.1 Å². The van der Waals surface area contributed by atoms with Crippen LogP contribution in [0.4, 0.5) is 0 Å². The van der Waals surface area contributed by atoms with Crippen LogP contribution in [0.1, 0.15) is 55.4 Å². The van der Waals surface area contributed by atoms with E-state index in [1.54, 1.807) is 0 Å². The summed E-state index contributed by atoms with van der Waals surface area (Å²) >= 11 is 1.88. The fraction of sp³-hybridized carbons (Fsp3) is 0.714. The van der Waals surface area contributed by atoms with Gasteiger partial charge in [0.05, 0.1) is 0 Å². The van der Waals surface area contributed by atoms with Crippen molar-refractivity contribution in [3.05, 3.63) is 21.9 Å². The summed E-state index contributed by atoms with van der Waals surface area (Å²) in [5.41, 5.74) is 1.45. The summed E-state index contributed by atoms with van der Waals surface area (Å²) in [4.78, 5) is 1.52. The maximum atomic E-state index is 3.74. The van der Waals surface area contributed by atoms with Gasteiger partial charge in [-0.05, 0) is 36.8 Å². The highest BCUT2D eigenvalue weighted by Crippen LogP contribution is 2.19. The van der Waals surface area contributed by atoms with E-state index in [4.69, 9.17) is 0 Å². The maximum absolute atomic E-state index is 3.74. The Hall–Kier alpha value is -0.340. The fourth-order valence-electron chi connectivity index (χ4n) is 2.48. The van der Waals surface area contributed by atoms with Crippen molar-refractivity contribution in [2.75, 3.05) is 0 Å². The van der Waals surface area contributed by atoms with Gasteiger partial charge in [0.25, 0.3) is 0 Å². The predicted molar refractivity (Wildman–Crippen MR) is 72.0 cm³/mol. The number of aryl methyl sites for hydroxylation is 1. The third-order valence-corrected chi connectivity index (χ3v) is 4.65. The lowest BCUT2D eigenvalue weighted by Gasteiger charge is -2.20. The van der Waals surface area contributed by atoms with Crippen LogP contribution in [0, 0.1) is 6.92 Å². The van der Waals surface area contributed by atoms with Crippen molar-refractivity contribution in [1.29, 1.82) is 0 Å². The molecule has 0 spiro atoms. The van der Waals surface area contributed by atoms with Gasteiger partial charge in [0, 0.05) is 17.5 Å². The van der Waals surface area contributed by atoms with Crippen LogP contribution in [-0.4, -0.2) is 6.04 Å². The second kappa shape index (κ2) is 6.41. The normalized spacial score (nSPS) is 19.3. The van der Waals surface area contributed by atoms with Crippen LogP contribution in [-0.2, 0) is 6.54 Å². The van der Waals surface area contributed by atoms with E-state index >= 15 is 0 Å². The Morgan fingerprint density at radius 1 is 1.19 bits per heavy atom. The molecule has 0 radical (unpaired) electrons. The van der Waals surface area contributed by atoms with E-state index < -0.39 is 0 Å². The van der Waals surface area contributed by atoms with Gasteiger partial charge in [-0.2, -0.15) is 0 Å². The highest BCUT2D eigenvalue weighted by molar-refractivity contribution is 7.10. The minimum atomic E-state index is 0.766. The lowest BCUT2D eigenvalue weighted by Crippen LogP contribution is -2.29. The molecule has 0 atom stereocenters. The molecule has 1 aromatic rings. The van der Waals surface area contributed by atoms with Gasteiger partial charge >= 0.3 is 0 Å². The fourth-order valence-corrected chi connectivity index (χ4v) is 3.34. The SMILES string of the molecule is Cc1ccsc1CNC1CCCCCCC1. The monoisotopic (exact) mass is 237 g/mol. The summed E-state index contributed by atoms with van der Waals surface area (Å²) in [7, 11) is 0. The van der Waals surface area contributed by atoms with Gasteiger partial charge in [-0.3, -0.25) is 0 Å². The molecular formula is C14H23NS. The van der Waals surface area contributed by atoms with Crippen molar-refractivity contribution >= 4 is 11.3 Å². The highest BCUT2D eigenvalue weighted by atomic mass is 32.1. The molecule has 90 valence electrons. The highest BCUT2D eigenvalue weighted by Gasteiger charge is 2.11. The van der Waals surface area contributed by atoms with E-state index in [-0.39, 0.29) is 0 Å². The first-order valence-corrected chi connectivity index (χ1v) is 7.50. The van der Waals surface area contributed by atoms with E-state index in [0.717, 1.165) is 12.6 Å². The molecule has 1 nitrogen and oxygen atoms in total. The predicted octanol–water partition coefficient (Wildman–Crippen LogP) is 4.26. The van der Waals surface area contributed by atoms with Gasteiger partial charge in [-0.15, -0.1) is 11.3 Å². The van der Waals surface area contributed by atoms with Crippen LogP contribution < -0.4 is 5.32 Å². The molecule has 1 heterocycles. The van der Waals surface area contributed by atoms with Crippen molar-refractivity contribution in [2.24, 2.45) is 0 Å². The van der Waals surface area contributed by atoms with Crippen LogP contribution in [0.5, 0.6) is 0 Å². The Labute approximate surface area is 103 Å². The minimum absolute atomic E-state index is 0.766. The number of rotatable bonds is 3. The molecule has 1 aliphatic carbocycles. The minimum Gasteiger partial charge on any atom is -0.309 e. The van der Waals surface area contributed by atoms with Crippen molar-refractivity contribution in [1.82, 2.24) is 5.32 Å². The molecule has 16 heavy (non-hydrogen) atoms. The molecule has 0 unspecified atom stereocenters. The third-order valence-electron chi connectivity index (χ3n) is 3.62. The molecular weight excluding hydrogens is 214 g/mol. The molecule has 0 aromatic carbocycles. The van der Waals surface area contributed by atoms with E-state index in [1.165, 1.54) is 55.4 Å². The molecule has 0 amide bonds. The number of nitrogens with one attached hydrogen (secondary N) is 1. The smallest absolute Gasteiger partial charge is 0.0304 e. The first-order valence-electron chi connectivity index (χ1n) is 6.62. The van der Waals surface area contributed by atoms with E-state index in [1.807, 2.05) is 11.3 Å². The summed E-state index contributed by atoms with van der Waals surface area (Å²) in [5.74, 6) is 0. The number of hydrogen-bond donors (Lipinski definition) is 1. The van der Waals surface area contributed by atoms with Crippen LogP contribution >= 0.6 is 11.3 Å². The molecule has 2 rings (SSSR count). The van der Waals surface area contributed by atoms with Gasteiger partial charge in [0.1, 0.15) is 0 Å². The van der Waals surface area contributed by atoms with E-state index in [9.17, 15) is 0 Å². The standard InChI is InChI=1S/C14H23NS/c1-12-9-10-16-14(12)11-15-13-7-5-3-2-4-6-8-13/h9-10,13,15H,2-8,11H2,1H3. The van der Waals surface area contributed by atoms with Crippen LogP contribution in [0.2, 0.25) is 0 Å². The summed E-state index contributed by atoms with van der Waals surface area (Å²) in [6, 6.07) is 2.99. The second-order valence-electron chi connectivity index (χ2n) is 4.95. The summed E-state index contributed by atoms with van der Waals surface area (Å²) in [5, 5.41) is 5.94. The molecule has 0 aliphatic heterocycles. The van der Waals surface area contributed by atoms with Gasteiger partial charge in [0.2, 0.25) is 0 Å².